The quantitative estimate of drug-likeness (QED) is 0.698. The molecule has 0 spiro atoms. The highest BCUT2D eigenvalue weighted by Crippen LogP contribution is 2.22. The third-order valence-electron chi connectivity index (χ3n) is 1.32. The molecule has 1 unspecified atom stereocenters. The van der Waals surface area contributed by atoms with Crippen molar-refractivity contribution in [1.29, 1.82) is 0 Å². The summed E-state index contributed by atoms with van der Waals surface area (Å²) in [6.45, 7) is 6.22. The van der Waals surface area contributed by atoms with Gasteiger partial charge in [-0.1, -0.05) is 20.8 Å². The Morgan fingerprint density at radius 3 is 2.36 bits per heavy atom. The molecule has 0 aliphatic rings. The Hall–Kier alpha value is -0.180. The van der Waals surface area contributed by atoms with Gasteiger partial charge in [-0.25, -0.2) is 0 Å². The summed E-state index contributed by atoms with van der Waals surface area (Å²) < 4.78 is 0. The lowest BCUT2D eigenvalue weighted by molar-refractivity contribution is -0.136. The third-order valence-corrected chi connectivity index (χ3v) is 2.75. The van der Waals surface area contributed by atoms with Gasteiger partial charge in [-0.3, -0.25) is 4.79 Å². The summed E-state index contributed by atoms with van der Waals surface area (Å²) in [6.07, 6.45) is 1.23. The van der Waals surface area contributed by atoms with E-state index in [-0.39, 0.29) is 5.25 Å². The average molecular weight is 176 g/mol. The largest absolute Gasteiger partial charge is 0.481 e. The molecule has 0 saturated carbocycles. The normalized spacial score (nSPS) is 13.5. The molecule has 0 aromatic carbocycles. The molecule has 0 fully saturated rings. The molecular weight excluding hydrogens is 160 g/mol. The van der Waals surface area contributed by atoms with Crippen LogP contribution in [-0.2, 0) is 4.79 Å². The van der Waals surface area contributed by atoms with E-state index in [2.05, 4.69) is 13.8 Å². The summed E-state index contributed by atoms with van der Waals surface area (Å²) in [5, 5.41) is 9.33. The van der Waals surface area contributed by atoms with Crippen LogP contribution in [0.1, 0.15) is 33.6 Å². The number of rotatable bonds is 5. The molecule has 0 aromatic heterocycles. The molecule has 0 rings (SSSR count). The van der Waals surface area contributed by atoms with E-state index in [0.717, 1.165) is 6.42 Å². The lowest BCUT2D eigenvalue weighted by Gasteiger charge is -2.13. The van der Waals surface area contributed by atoms with Gasteiger partial charge >= 0.3 is 5.97 Å². The Labute approximate surface area is 72.4 Å². The highest BCUT2D eigenvalue weighted by Gasteiger charge is 2.12. The van der Waals surface area contributed by atoms with Crippen LogP contribution in [0.25, 0.3) is 0 Å². The van der Waals surface area contributed by atoms with Gasteiger partial charge in [0, 0.05) is 5.25 Å². The summed E-state index contributed by atoms with van der Waals surface area (Å²) in [5.41, 5.74) is 0. The standard InChI is InChI=1S/C8H16O2S/c1-4-7(5-8(9)10)11-6(2)3/h6-7H,4-5H2,1-3H3,(H,9,10). The highest BCUT2D eigenvalue weighted by atomic mass is 32.2. The van der Waals surface area contributed by atoms with Crippen molar-refractivity contribution in [2.75, 3.05) is 0 Å². The summed E-state index contributed by atoms with van der Waals surface area (Å²) in [7, 11) is 0. The summed E-state index contributed by atoms with van der Waals surface area (Å²) in [6, 6.07) is 0. The Balaban J connectivity index is 3.66. The van der Waals surface area contributed by atoms with Crippen LogP contribution >= 0.6 is 11.8 Å². The van der Waals surface area contributed by atoms with Crippen molar-refractivity contribution in [2.24, 2.45) is 0 Å². The van der Waals surface area contributed by atoms with Crippen LogP contribution in [0.2, 0.25) is 0 Å². The van der Waals surface area contributed by atoms with Crippen LogP contribution in [0.4, 0.5) is 0 Å². The summed E-state index contributed by atoms with van der Waals surface area (Å²) in [4.78, 5) is 10.3. The van der Waals surface area contributed by atoms with Gasteiger partial charge in [0.2, 0.25) is 0 Å². The number of carbonyl (C=O) groups is 1. The smallest absolute Gasteiger partial charge is 0.304 e. The van der Waals surface area contributed by atoms with Crippen molar-refractivity contribution in [3.8, 4) is 0 Å². The van der Waals surface area contributed by atoms with Crippen LogP contribution in [0.15, 0.2) is 0 Å². The molecule has 1 atom stereocenters. The van der Waals surface area contributed by atoms with Crippen molar-refractivity contribution in [2.45, 2.75) is 44.1 Å². The van der Waals surface area contributed by atoms with Gasteiger partial charge in [0.15, 0.2) is 0 Å². The number of aliphatic carboxylic acids is 1. The molecule has 0 amide bonds. The van der Waals surface area contributed by atoms with Crippen LogP contribution in [0.3, 0.4) is 0 Å². The molecule has 2 nitrogen and oxygen atoms in total. The zero-order valence-corrected chi connectivity index (χ0v) is 8.15. The third kappa shape index (κ3) is 6.23. The molecule has 0 heterocycles. The minimum absolute atomic E-state index is 0.285. The molecule has 0 aromatic rings. The van der Waals surface area contributed by atoms with Crippen molar-refractivity contribution in [3.05, 3.63) is 0 Å². The minimum atomic E-state index is -0.690. The Morgan fingerprint density at radius 1 is 1.55 bits per heavy atom. The molecule has 66 valence electrons. The van der Waals surface area contributed by atoms with Crippen molar-refractivity contribution < 1.29 is 9.90 Å². The van der Waals surface area contributed by atoms with E-state index in [1.54, 1.807) is 11.8 Å². The molecule has 0 bridgehead atoms. The summed E-state index contributed by atoms with van der Waals surface area (Å²) in [5.74, 6) is -0.690. The molecular formula is C8H16O2S. The van der Waals surface area contributed by atoms with Gasteiger partial charge in [0.25, 0.3) is 0 Å². The fourth-order valence-electron chi connectivity index (χ4n) is 0.868. The first kappa shape index (κ1) is 10.8. The van der Waals surface area contributed by atoms with E-state index in [1.807, 2.05) is 6.92 Å². The summed E-state index contributed by atoms with van der Waals surface area (Å²) >= 11 is 1.75. The van der Waals surface area contributed by atoms with Crippen LogP contribution in [0, 0.1) is 0 Å². The van der Waals surface area contributed by atoms with Gasteiger partial charge in [0.1, 0.15) is 0 Å². The van der Waals surface area contributed by atoms with Crippen LogP contribution in [0.5, 0.6) is 0 Å². The van der Waals surface area contributed by atoms with Crippen molar-refractivity contribution in [3.63, 3.8) is 0 Å². The van der Waals surface area contributed by atoms with Gasteiger partial charge < -0.3 is 5.11 Å². The maximum absolute atomic E-state index is 10.3. The molecule has 3 heteroatoms. The zero-order valence-electron chi connectivity index (χ0n) is 7.33. The topological polar surface area (TPSA) is 37.3 Å². The van der Waals surface area contributed by atoms with E-state index in [1.165, 1.54) is 0 Å². The molecule has 11 heavy (non-hydrogen) atoms. The fraction of sp³-hybridized carbons (Fsp3) is 0.875. The Morgan fingerprint density at radius 2 is 2.09 bits per heavy atom. The predicted octanol–water partition coefficient (Wildman–Crippen LogP) is 2.38. The first-order valence-electron chi connectivity index (χ1n) is 3.93. The van der Waals surface area contributed by atoms with Gasteiger partial charge in [-0.15, -0.1) is 0 Å². The molecule has 1 N–H and O–H groups in total. The second-order valence-corrected chi connectivity index (χ2v) is 4.69. The monoisotopic (exact) mass is 176 g/mol. The lowest BCUT2D eigenvalue weighted by Crippen LogP contribution is -2.11. The molecule has 0 aliphatic heterocycles. The molecule has 0 radical (unpaired) electrons. The average Bonchev–Trinajstić information content (AvgIpc) is 1.84. The van der Waals surface area contributed by atoms with Crippen LogP contribution in [-0.4, -0.2) is 21.6 Å². The van der Waals surface area contributed by atoms with E-state index < -0.39 is 5.97 Å². The number of carboxylic acids is 1. The van der Waals surface area contributed by atoms with Gasteiger partial charge in [-0.05, 0) is 11.7 Å². The maximum Gasteiger partial charge on any atom is 0.304 e. The Kier molecular flexibility index (Phi) is 5.38. The first-order chi connectivity index (χ1) is 5.06. The van der Waals surface area contributed by atoms with E-state index >= 15 is 0 Å². The zero-order chi connectivity index (χ0) is 8.85. The number of hydrogen-bond acceptors (Lipinski definition) is 2. The van der Waals surface area contributed by atoms with Crippen molar-refractivity contribution >= 4 is 17.7 Å². The van der Waals surface area contributed by atoms with E-state index in [0.29, 0.717) is 11.7 Å². The lowest BCUT2D eigenvalue weighted by atomic mass is 10.2. The fourth-order valence-corrected chi connectivity index (χ4v) is 2.07. The number of hydrogen-bond donors (Lipinski definition) is 1. The Bertz CT molecular complexity index is 123. The SMILES string of the molecule is CCC(CC(=O)O)SC(C)C. The molecule has 0 saturated heterocycles. The highest BCUT2D eigenvalue weighted by molar-refractivity contribution is 8.00. The second-order valence-electron chi connectivity index (χ2n) is 2.81. The van der Waals surface area contributed by atoms with E-state index in [4.69, 9.17) is 5.11 Å². The van der Waals surface area contributed by atoms with Gasteiger partial charge in [-0.2, -0.15) is 11.8 Å². The van der Waals surface area contributed by atoms with Gasteiger partial charge in [0.05, 0.1) is 6.42 Å². The first-order valence-corrected chi connectivity index (χ1v) is 4.87. The predicted molar refractivity (Wildman–Crippen MR) is 49.1 cm³/mol. The number of thioether (sulfide) groups is 1. The van der Waals surface area contributed by atoms with E-state index in [9.17, 15) is 4.79 Å². The maximum atomic E-state index is 10.3. The van der Waals surface area contributed by atoms with Crippen molar-refractivity contribution in [1.82, 2.24) is 0 Å². The minimum Gasteiger partial charge on any atom is -0.481 e. The molecule has 0 aliphatic carbocycles. The number of carboxylic acid groups (broad SMARTS) is 1. The second kappa shape index (κ2) is 5.47. The van der Waals surface area contributed by atoms with Crippen LogP contribution < -0.4 is 0 Å².